The lowest BCUT2D eigenvalue weighted by Crippen LogP contribution is -2.41. The summed E-state index contributed by atoms with van der Waals surface area (Å²) in [5.74, 6) is -0.286. The average molecular weight is 321 g/mol. The van der Waals surface area contributed by atoms with Crippen LogP contribution in [0.5, 0.6) is 0 Å². The number of nitrogens with one attached hydrogen (secondary N) is 1. The first kappa shape index (κ1) is 20.1. The standard InChI is InChI=1S/C14H28N2O4S/c1-4-14(17)15-10-6-8-12-16(2,3)11-7-5-9-13-21(18,19)20/h4H,1,5-13H2,2-3H3,(H-,15,17,18,19,20)/p+1. The van der Waals surface area contributed by atoms with Gasteiger partial charge in [0.25, 0.3) is 10.1 Å². The van der Waals surface area contributed by atoms with Crippen molar-refractivity contribution in [1.29, 1.82) is 0 Å². The highest BCUT2D eigenvalue weighted by molar-refractivity contribution is 7.85. The molecule has 0 heterocycles. The van der Waals surface area contributed by atoms with Gasteiger partial charge >= 0.3 is 0 Å². The van der Waals surface area contributed by atoms with E-state index in [1.54, 1.807) is 0 Å². The molecule has 124 valence electrons. The molecular weight excluding hydrogens is 292 g/mol. The van der Waals surface area contributed by atoms with E-state index in [1.807, 2.05) is 0 Å². The van der Waals surface area contributed by atoms with Crippen LogP contribution in [0, 0.1) is 0 Å². The van der Waals surface area contributed by atoms with Crippen molar-refractivity contribution in [1.82, 2.24) is 5.32 Å². The summed E-state index contributed by atoms with van der Waals surface area (Å²) in [5.41, 5.74) is 0. The molecule has 21 heavy (non-hydrogen) atoms. The van der Waals surface area contributed by atoms with Gasteiger partial charge in [0.1, 0.15) is 0 Å². The summed E-state index contributed by atoms with van der Waals surface area (Å²) in [7, 11) is 0.471. The first-order valence-electron chi connectivity index (χ1n) is 7.34. The maximum atomic E-state index is 11.0. The van der Waals surface area contributed by atoms with Crippen molar-refractivity contribution < 1.29 is 22.2 Å². The molecule has 1 amide bonds. The third-order valence-corrected chi connectivity index (χ3v) is 4.15. The molecule has 0 atom stereocenters. The minimum atomic E-state index is -3.82. The van der Waals surface area contributed by atoms with Crippen LogP contribution in [-0.2, 0) is 14.9 Å². The molecule has 0 rings (SSSR count). The first-order chi connectivity index (χ1) is 9.66. The Hall–Kier alpha value is -0.920. The van der Waals surface area contributed by atoms with Crippen LogP contribution >= 0.6 is 0 Å². The zero-order chi connectivity index (χ0) is 16.4. The first-order valence-corrected chi connectivity index (χ1v) is 8.95. The van der Waals surface area contributed by atoms with Crippen LogP contribution in [0.25, 0.3) is 0 Å². The van der Waals surface area contributed by atoms with Crippen LogP contribution in [-0.4, -0.2) is 62.8 Å². The fourth-order valence-electron chi connectivity index (χ4n) is 2.06. The van der Waals surface area contributed by atoms with Crippen LogP contribution < -0.4 is 5.32 Å². The molecule has 0 aliphatic rings. The largest absolute Gasteiger partial charge is 0.353 e. The second-order valence-corrected chi connectivity index (χ2v) is 7.50. The van der Waals surface area contributed by atoms with E-state index in [-0.39, 0.29) is 11.7 Å². The molecule has 0 aromatic rings. The second kappa shape index (κ2) is 9.92. The highest BCUT2D eigenvalue weighted by atomic mass is 32.2. The van der Waals surface area contributed by atoms with E-state index in [9.17, 15) is 13.2 Å². The maximum Gasteiger partial charge on any atom is 0.264 e. The van der Waals surface area contributed by atoms with Gasteiger partial charge in [-0.1, -0.05) is 6.58 Å². The lowest BCUT2D eigenvalue weighted by molar-refractivity contribution is -0.890. The van der Waals surface area contributed by atoms with E-state index in [0.717, 1.165) is 43.3 Å². The summed E-state index contributed by atoms with van der Waals surface area (Å²) in [6, 6.07) is 0. The Kier molecular flexibility index (Phi) is 9.48. The van der Waals surface area contributed by atoms with Crippen molar-refractivity contribution in [3.8, 4) is 0 Å². The number of hydrogen-bond acceptors (Lipinski definition) is 3. The molecule has 0 bridgehead atoms. The molecule has 0 unspecified atom stereocenters. The van der Waals surface area contributed by atoms with Crippen LogP contribution in [0.15, 0.2) is 12.7 Å². The van der Waals surface area contributed by atoms with Gasteiger partial charge in [0, 0.05) is 6.54 Å². The minimum Gasteiger partial charge on any atom is -0.353 e. The smallest absolute Gasteiger partial charge is 0.264 e. The molecule has 0 aliphatic heterocycles. The average Bonchev–Trinajstić information content (AvgIpc) is 2.36. The number of amides is 1. The SMILES string of the molecule is C=CC(=O)NCCCC[N+](C)(C)CCCCCS(=O)(=O)O. The molecule has 0 saturated carbocycles. The summed E-state index contributed by atoms with van der Waals surface area (Å²) < 4.78 is 30.7. The van der Waals surface area contributed by atoms with Gasteiger partial charge in [-0.15, -0.1) is 0 Å². The van der Waals surface area contributed by atoms with Crippen molar-refractivity contribution in [2.45, 2.75) is 32.1 Å². The minimum absolute atomic E-state index is 0.136. The van der Waals surface area contributed by atoms with Gasteiger partial charge < -0.3 is 9.80 Å². The predicted octanol–water partition coefficient (Wildman–Crippen LogP) is 1.20. The molecular formula is C14H29N2O4S+. The highest BCUT2D eigenvalue weighted by Gasteiger charge is 2.14. The van der Waals surface area contributed by atoms with E-state index in [4.69, 9.17) is 4.55 Å². The Labute approximate surface area is 128 Å². The van der Waals surface area contributed by atoms with Gasteiger partial charge in [0.2, 0.25) is 5.91 Å². The fraction of sp³-hybridized carbons (Fsp3) is 0.786. The van der Waals surface area contributed by atoms with Crippen molar-refractivity contribution >= 4 is 16.0 Å². The Balaban J connectivity index is 3.64. The number of quaternary nitrogens is 1. The molecule has 0 aromatic carbocycles. The quantitative estimate of drug-likeness (QED) is 0.245. The van der Waals surface area contributed by atoms with Crippen molar-refractivity contribution in [3.05, 3.63) is 12.7 Å². The van der Waals surface area contributed by atoms with E-state index >= 15 is 0 Å². The second-order valence-electron chi connectivity index (χ2n) is 5.93. The fourth-order valence-corrected chi connectivity index (χ4v) is 2.63. The number of rotatable bonds is 12. The van der Waals surface area contributed by atoms with E-state index in [0.29, 0.717) is 13.0 Å². The van der Waals surface area contributed by atoms with Crippen molar-refractivity contribution in [3.63, 3.8) is 0 Å². The molecule has 7 heteroatoms. The normalized spacial score (nSPS) is 12.1. The van der Waals surface area contributed by atoms with Gasteiger partial charge in [0.15, 0.2) is 0 Å². The molecule has 0 aliphatic carbocycles. The molecule has 0 aromatic heterocycles. The van der Waals surface area contributed by atoms with Gasteiger partial charge in [-0.05, 0) is 38.2 Å². The zero-order valence-electron chi connectivity index (χ0n) is 13.2. The Morgan fingerprint density at radius 3 is 2.24 bits per heavy atom. The van der Waals surface area contributed by atoms with Crippen molar-refractivity contribution in [2.75, 3.05) is 39.5 Å². The third-order valence-electron chi connectivity index (χ3n) is 3.34. The highest BCUT2D eigenvalue weighted by Crippen LogP contribution is 2.07. The van der Waals surface area contributed by atoms with E-state index in [1.165, 1.54) is 6.08 Å². The van der Waals surface area contributed by atoms with E-state index in [2.05, 4.69) is 26.0 Å². The Morgan fingerprint density at radius 1 is 1.14 bits per heavy atom. The summed E-state index contributed by atoms with van der Waals surface area (Å²) in [6.45, 7) is 6.05. The molecule has 0 fully saturated rings. The van der Waals surface area contributed by atoms with Gasteiger partial charge in [0.05, 0.1) is 32.9 Å². The monoisotopic (exact) mass is 321 g/mol. The van der Waals surface area contributed by atoms with Crippen molar-refractivity contribution in [2.24, 2.45) is 0 Å². The van der Waals surface area contributed by atoms with Gasteiger partial charge in [-0.3, -0.25) is 9.35 Å². The van der Waals surface area contributed by atoms with E-state index < -0.39 is 10.1 Å². The Bertz CT molecular complexity index is 419. The van der Waals surface area contributed by atoms with Crippen LogP contribution in [0.2, 0.25) is 0 Å². The number of carbonyl (C=O) groups excluding carboxylic acids is 1. The number of unbranched alkanes of at least 4 members (excludes halogenated alkanes) is 3. The van der Waals surface area contributed by atoms with Crippen LogP contribution in [0.4, 0.5) is 0 Å². The molecule has 0 spiro atoms. The lowest BCUT2D eigenvalue weighted by Gasteiger charge is -2.30. The molecule has 6 nitrogen and oxygen atoms in total. The van der Waals surface area contributed by atoms with Crippen LogP contribution in [0.3, 0.4) is 0 Å². The van der Waals surface area contributed by atoms with Gasteiger partial charge in [-0.2, -0.15) is 8.42 Å². The maximum absolute atomic E-state index is 11.0. The molecule has 0 radical (unpaired) electrons. The topological polar surface area (TPSA) is 83.5 Å². The zero-order valence-corrected chi connectivity index (χ0v) is 14.0. The summed E-state index contributed by atoms with van der Waals surface area (Å²) in [4.78, 5) is 11.0. The van der Waals surface area contributed by atoms with Crippen LogP contribution in [0.1, 0.15) is 32.1 Å². The Morgan fingerprint density at radius 2 is 1.71 bits per heavy atom. The predicted molar refractivity (Wildman–Crippen MR) is 84.5 cm³/mol. The summed E-state index contributed by atoms with van der Waals surface area (Å²) >= 11 is 0. The summed E-state index contributed by atoms with van der Waals surface area (Å²) in [5, 5.41) is 2.75. The molecule has 0 saturated heterocycles. The number of carbonyl (C=O) groups is 1. The lowest BCUT2D eigenvalue weighted by atomic mass is 10.2. The third kappa shape index (κ3) is 13.8. The number of hydrogen-bond donors (Lipinski definition) is 2. The molecule has 2 N–H and O–H groups in total. The van der Waals surface area contributed by atoms with Gasteiger partial charge in [-0.25, -0.2) is 0 Å². The summed E-state index contributed by atoms with van der Waals surface area (Å²) in [6.07, 6.45) is 5.48. The number of nitrogens with zero attached hydrogens (tertiary/aromatic N) is 1.